The van der Waals surface area contributed by atoms with Crippen molar-refractivity contribution in [3.8, 4) is 0 Å². The van der Waals surface area contributed by atoms with E-state index in [0.717, 1.165) is 35.7 Å². The first-order chi connectivity index (χ1) is 11.0. The van der Waals surface area contributed by atoms with Crippen LogP contribution in [0.4, 0.5) is 0 Å². The molecule has 4 nitrogen and oxygen atoms in total. The molecule has 23 heavy (non-hydrogen) atoms. The average molecular weight is 378 g/mol. The Morgan fingerprint density at radius 3 is 2.52 bits per heavy atom. The molecule has 5 heteroatoms. The standard InChI is InChI=1S/C18H20BrNO3/c19-13-3-1-2-12(8-13)18(6-7-18)17(23)20-9-14(11-4-5-11)15(10-20)16(21)22/h1-3,8,11,14-15H,4-7,9-10H2,(H,21,22)/t14-,15+/m1/s1. The zero-order valence-electron chi connectivity index (χ0n) is 12.9. The minimum atomic E-state index is -0.746. The van der Waals surface area contributed by atoms with E-state index in [0.29, 0.717) is 19.0 Å². The maximum absolute atomic E-state index is 13.1. The van der Waals surface area contributed by atoms with E-state index in [-0.39, 0.29) is 17.7 Å². The molecule has 1 amide bonds. The van der Waals surface area contributed by atoms with Crippen LogP contribution in [-0.2, 0) is 15.0 Å². The van der Waals surface area contributed by atoms with Gasteiger partial charge in [-0.05, 0) is 55.2 Å². The number of hydrogen-bond acceptors (Lipinski definition) is 2. The number of benzene rings is 1. The van der Waals surface area contributed by atoms with Gasteiger partial charge in [-0.15, -0.1) is 0 Å². The molecule has 0 aromatic heterocycles. The van der Waals surface area contributed by atoms with E-state index in [9.17, 15) is 14.7 Å². The number of carbonyl (C=O) groups excluding carboxylic acids is 1. The zero-order valence-corrected chi connectivity index (χ0v) is 14.5. The molecule has 1 heterocycles. The molecule has 0 radical (unpaired) electrons. The summed E-state index contributed by atoms with van der Waals surface area (Å²) >= 11 is 3.48. The number of carboxylic acid groups (broad SMARTS) is 1. The maximum atomic E-state index is 13.1. The molecule has 0 bridgehead atoms. The molecule has 0 spiro atoms. The Labute approximate surface area is 144 Å². The van der Waals surface area contributed by atoms with Crippen LogP contribution in [-0.4, -0.2) is 35.0 Å². The van der Waals surface area contributed by atoms with E-state index in [1.54, 1.807) is 0 Å². The summed E-state index contributed by atoms with van der Waals surface area (Å²) in [6, 6.07) is 7.96. The van der Waals surface area contributed by atoms with E-state index in [2.05, 4.69) is 15.9 Å². The number of halogens is 1. The first-order valence-electron chi connectivity index (χ1n) is 8.29. The highest BCUT2D eigenvalue weighted by Crippen LogP contribution is 2.52. The summed E-state index contributed by atoms with van der Waals surface area (Å²) in [5.41, 5.74) is 0.643. The van der Waals surface area contributed by atoms with Crippen LogP contribution < -0.4 is 0 Å². The van der Waals surface area contributed by atoms with Crippen molar-refractivity contribution in [2.75, 3.05) is 13.1 Å². The Kier molecular flexibility index (Phi) is 3.52. The molecule has 3 fully saturated rings. The summed E-state index contributed by atoms with van der Waals surface area (Å²) in [7, 11) is 0. The topological polar surface area (TPSA) is 57.6 Å². The molecule has 1 aromatic carbocycles. The second-order valence-corrected chi connectivity index (χ2v) is 8.16. The van der Waals surface area contributed by atoms with Crippen molar-refractivity contribution in [1.29, 1.82) is 0 Å². The Hall–Kier alpha value is -1.36. The number of nitrogens with zero attached hydrogens (tertiary/aromatic N) is 1. The van der Waals surface area contributed by atoms with Crippen molar-refractivity contribution < 1.29 is 14.7 Å². The van der Waals surface area contributed by atoms with Gasteiger partial charge in [-0.25, -0.2) is 0 Å². The van der Waals surface area contributed by atoms with Crippen LogP contribution >= 0.6 is 15.9 Å². The van der Waals surface area contributed by atoms with Crippen LogP contribution in [0.15, 0.2) is 28.7 Å². The summed E-state index contributed by atoms with van der Waals surface area (Å²) in [5, 5.41) is 9.49. The number of hydrogen-bond donors (Lipinski definition) is 1. The fourth-order valence-corrected chi connectivity index (χ4v) is 4.50. The predicted octanol–water partition coefficient (Wildman–Crippen LogP) is 3.05. The Balaban J connectivity index is 1.56. The van der Waals surface area contributed by atoms with E-state index >= 15 is 0 Å². The third kappa shape index (κ3) is 2.59. The summed E-state index contributed by atoms with van der Waals surface area (Å²) < 4.78 is 0.981. The largest absolute Gasteiger partial charge is 0.481 e. The third-order valence-electron chi connectivity index (χ3n) is 5.73. The fourth-order valence-electron chi connectivity index (χ4n) is 4.10. The number of rotatable bonds is 4. The van der Waals surface area contributed by atoms with E-state index in [4.69, 9.17) is 0 Å². The highest BCUT2D eigenvalue weighted by molar-refractivity contribution is 9.10. The van der Waals surface area contributed by atoms with Crippen LogP contribution in [0.1, 0.15) is 31.2 Å². The minimum Gasteiger partial charge on any atom is -0.481 e. The number of amides is 1. The van der Waals surface area contributed by atoms with Crippen LogP contribution in [0.3, 0.4) is 0 Å². The Morgan fingerprint density at radius 2 is 1.96 bits per heavy atom. The van der Waals surface area contributed by atoms with Gasteiger partial charge in [0.15, 0.2) is 0 Å². The van der Waals surface area contributed by atoms with Gasteiger partial charge < -0.3 is 10.0 Å². The molecule has 0 unspecified atom stereocenters. The molecule has 1 N–H and O–H groups in total. The zero-order chi connectivity index (χ0) is 16.2. The number of likely N-dealkylation sites (tertiary alicyclic amines) is 1. The van der Waals surface area contributed by atoms with Gasteiger partial charge in [0.05, 0.1) is 11.3 Å². The van der Waals surface area contributed by atoms with E-state index < -0.39 is 11.4 Å². The molecule has 122 valence electrons. The number of carbonyl (C=O) groups is 2. The molecule has 3 aliphatic rings. The molecule has 2 saturated carbocycles. The summed E-state index contributed by atoms with van der Waals surface area (Å²) in [5.74, 6) is -0.344. The highest BCUT2D eigenvalue weighted by atomic mass is 79.9. The Morgan fingerprint density at radius 1 is 1.22 bits per heavy atom. The number of carboxylic acids is 1. The monoisotopic (exact) mass is 377 g/mol. The van der Waals surface area contributed by atoms with Crippen molar-refractivity contribution in [2.45, 2.75) is 31.1 Å². The number of aliphatic carboxylic acids is 1. The lowest BCUT2D eigenvalue weighted by atomic mass is 9.92. The van der Waals surface area contributed by atoms with Gasteiger partial charge in [0.25, 0.3) is 0 Å². The lowest BCUT2D eigenvalue weighted by molar-refractivity contribution is -0.142. The van der Waals surface area contributed by atoms with Crippen molar-refractivity contribution in [3.63, 3.8) is 0 Å². The molecular formula is C18H20BrNO3. The molecule has 1 aromatic rings. The first kappa shape index (κ1) is 15.2. The second-order valence-electron chi connectivity index (χ2n) is 7.25. The van der Waals surface area contributed by atoms with E-state index in [1.807, 2.05) is 29.2 Å². The molecule has 2 atom stereocenters. The van der Waals surface area contributed by atoms with Gasteiger partial charge in [-0.2, -0.15) is 0 Å². The molecular weight excluding hydrogens is 358 g/mol. The van der Waals surface area contributed by atoms with Crippen LogP contribution in [0.25, 0.3) is 0 Å². The van der Waals surface area contributed by atoms with Crippen molar-refractivity contribution in [1.82, 2.24) is 4.90 Å². The van der Waals surface area contributed by atoms with Crippen molar-refractivity contribution in [3.05, 3.63) is 34.3 Å². The molecule has 1 aliphatic heterocycles. The molecule has 1 saturated heterocycles. The normalized spacial score (nSPS) is 28.7. The SMILES string of the molecule is O=C(O)[C@H]1CN(C(=O)C2(c3cccc(Br)c3)CC2)C[C@@H]1C1CC1. The highest BCUT2D eigenvalue weighted by Gasteiger charge is 2.56. The van der Waals surface area contributed by atoms with Crippen LogP contribution in [0.5, 0.6) is 0 Å². The molecule has 4 rings (SSSR count). The van der Waals surface area contributed by atoms with E-state index in [1.165, 1.54) is 0 Å². The minimum absolute atomic E-state index is 0.130. The maximum Gasteiger partial charge on any atom is 0.308 e. The van der Waals surface area contributed by atoms with Gasteiger partial charge in [0.1, 0.15) is 0 Å². The van der Waals surface area contributed by atoms with Crippen LogP contribution in [0.2, 0.25) is 0 Å². The predicted molar refractivity (Wildman–Crippen MR) is 89.0 cm³/mol. The Bertz CT molecular complexity index is 666. The van der Waals surface area contributed by atoms with Crippen molar-refractivity contribution in [2.24, 2.45) is 17.8 Å². The van der Waals surface area contributed by atoms with Crippen molar-refractivity contribution >= 4 is 27.8 Å². The summed E-state index contributed by atoms with van der Waals surface area (Å²) in [4.78, 5) is 26.5. The first-order valence-corrected chi connectivity index (χ1v) is 9.09. The van der Waals surface area contributed by atoms with Gasteiger partial charge >= 0.3 is 5.97 Å². The second kappa shape index (κ2) is 5.33. The quantitative estimate of drug-likeness (QED) is 0.876. The average Bonchev–Trinajstić information content (AvgIpc) is 3.44. The fraction of sp³-hybridized carbons (Fsp3) is 0.556. The summed E-state index contributed by atoms with van der Waals surface area (Å²) in [6.45, 7) is 1.00. The van der Waals surface area contributed by atoms with Gasteiger partial charge in [-0.3, -0.25) is 9.59 Å². The third-order valence-corrected chi connectivity index (χ3v) is 6.23. The lowest BCUT2D eigenvalue weighted by Crippen LogP contribution is -2.38. The smallest absolute Gasteiger partial charge is 0.308 e. The summed E-state index contributed by atoms with van der Waals surface area (Å²) in [6.07, 6.45) is 3.97. The van der Waals surface area contributed by atoms with Gasteiger partial charge in [-0.1, -0.05) is 28.1 Å². The van der Waals surface area contributed by atoms with Crippen LogP contribution in [0, 0.1) is 17.8 Å². The lowest BCUT2D eigenvalue weighted by Gasteiger charge is -2.24. The molecule has 2 aliphatic carbocycles. The van der Waals surface area contributed by atoms with Gasteiger partial charge in [0.2, 0.25) is 5.91 Å². The van der Waals surface area contributed by atoms with Gasteiger partial charge in [0, 0.05) is 17.6 Å².